The maximum atomic E-state index is 10.9. The van der Waals surface area contributed by atoms with E-state index in [1.165, 1.54) is 0 Å². The lowest BCUT2D eigenvalue weighted by atomic mass is 9.98. The lowest BCUT2D eigenvalue weighted by Gasteiger charge is -2.34. The van der Waals surface area contributed by atoms with Crippen LogP contribution in [0.4, 0.5) is 0 Å². The highest BCUT2D eigenvalue weighted by molar-refractivity contribution is 7.51. The number of aliphatic hydroxyl groups is 3. The second kappa shape index (κ2) is 4.79. The molecular weight excluding hydrogens is 243 g/mol. The molecule has 9 heteroatoms. The van der Waals surface area contributed by atoms with Gasteiger partial charge in [0, 0.05) is 0 Å². The van der Waals surface area contributed by atoms with Gasteiger partial charge < -0.3 is 29.8 Å². The predicted octanol–water partition coefficient (Wildman–Crippen LogP) is -2.44. The Kier molecular flexibility index (Phi) is 4.06. The molecule has 0 unspecified atom stereocenters. The van der Waals surface area contributed by atoms with E-state index in [2.05, 4.69) is 4.74 Å². The van der Waals surface area contributed by atoms with Crippen molar-refractivity contribution in [2.24, 2.45) is 0 Å². The van der Waals surface area contributed by atoms with Gasteiger partial charge in [-0.05, 0) is 6.42 Å². The molecule has 1 aliphatic heterocycles. The Morgan fingerprint density at radius 2 is 1.75 bits per heavy atom. The zero-order valence-electron chi connectivity index (χ0n) is 8.13. The van der Waals surface area contributed by atoms with Crippen molar-refractivity contribution >= 4 is 13.6 Å². The van der Waals surface area contributed by atoms with Crippen molar-refractivity contribution in [1.29, 1.82) is 0 Å². The summed E-state index contributed by atoms with van der Waals surface area (Å²) >= 11 is 0. The molecule has 1 aliphatic rings. The van der Waals surface area contributed by atoms with E-state index in [0.29, 0.717) is 0 Å². The zero-order valence-corrected chi connectivity index (χ0v) is 9.03. The highest BCUT2D eigenvalue weighted by Crippen LogP contribution is 2.36. The van der Waals surface area contributed by atoms with Crippen LogP contribution in [0.25, 0.3) is 0 Å². The Morgan fingerprint density at radius 1 is 1.19 bits per heavy atom. The molecule has 0 radical (unpaired) electrons. The highest BCUT2D eigenvalue weighted by atomic mass is 31.2. The lowest BCUT2D eigenvalue weighted by molar-refractivity contribution is -0.202. The first-order chi connectivity index (χ1) is 7.22. The molecule has 1 saturated heterocycles. The number of aliphatic hydroxyl groups excluding tert-OH is 3. The Morgan fingerprint density at radius 3 is 2.25 bits per heavy atom. The van der Waals surface area contributed by atoms with Gasteiger partial charge in [0.25, 0.3) is 0 Å². The first-order valence-electron chi connectivity index (χ1n) is 4.51. The zero-order chi connectivity index (χ0) is 12.5. The van der Waals surface area contributed by atoms with Crippen molar-refractivity contribution in [3.63, 3.8) is 0 Å². The molecule has 1 rings (SSSR count). The quantitative estimate of drug-likeness (QED) is 0.276. The van der Waals surface area contributed by atoms with Gasteiger partial charge >= 0.3 is 13.6 Å². The van der Waals surface area contributed by atoms with Gasteiger partial charge in [-0.1, -0.05) is 0 Å². The van der Waals surface area contributed by atoms with Gasteiger partial charge in [-0.2, -0.15) is 0 Å². The van der Waals surface area contributed by atoms with Crippen molar-refractivity contribution in [2.45, 2.75) is 30.8 Å². The fraction of sp³-hybridized carbons (Fsp3) is 0.857. The summed E-state index contributed by atoms with van der Waals surface area (Å²) in [5.74, 6) is -1.12. The van der Waals surface area contributed by atoms with Crippen molar-refractivity contribution in [3.05, 3.63) is 0 Å². The number of rotatable bonds is 3. The Hall–Kier alpha value is -0.500. The van der Waals surface area contributed by atoms with Crippen LogP contribution in [0.15, 0.2) is 0 Å². The molecule has 5 N–H and O–H groups in total. The van der Waals surface area contributed by atoms with Gasteiger partial charge in [0.15, 0.2) is 6.10 Å². The Labute approximate surface area is 90.6 Å². The number of esters is 1. The van der Waals surface area contributed by atoms with Crippen LogP contribution in [0.2, 0.25) is 0 Å². The SMILES string of the molecule is O=C1O[C@H](CCP(=O)(O)O)[C@@H](O)[C@H](O)[C@H]1O. The molecule has 0 aliphatic carbocycles. The number of hydrogen-bond donors (Lipinski definition) is 5. The molecule has 0 aromatic carbocycles. The number of cyclic esters (lactones) is 1. The molecule has 4 atom stereocenters. The van der Waals surface area contributed by atoms with Crippen LogP contribution < -0.4 is 0 Å². The molecule has 94 valence electrons. The van der Waals surface area contributed by atoms with Gasteiger partial charge in [-0.3, -0.25) is 4.57 Å². The summed E-state index contributed by atoms with van der Waals surface area (Å²) in [6.07, 6.45) is -7.19. The minimum absolute atomic E-state index is 0.291. The third-order valence-corrected chi connectivity index (χ3v) is 3.11. The first kappa shape index (κ1) is 13.6. The molecule has 16 heavy (non-hydrogen) atoms. The first-order valence-corrected chi connectivity index (χ1v) is 6.31. The largest absolute Gasteiger partial charge is 0.457 e. The molecule has 0 aromatic rings. The summed E-state index contributed by atoms with van der Waals surface area (Å²) in [6, 6.07) is 0. The van der Waals surface area contributed by atoms with Gasteiger partial charge in [0.2, 0.25) is 0 Å². The average molecular weight is 256 g/mol. The minimum atomic E-state index is -4.26. The summed E-state index contributed by atoms with van der Waals surface area (Å²) in [7, 11) is -4.26. The molecule has 1 fully saturated rings. The summed E-state index contributed by atoms with van der Waals surface area (Å²) in [6.45, 7) is 0. The van der Waals surface area contributed by atoms with E-state index in [1.54, 1.807) is 0 Å². The standard InChI is InChI=1S/C7H13O8P/c8-4-3(1-2-16(12,13)14)15-7(11)6(10)5(4)9/h3-6,8-10H,1-2H2,(H2,12,13,14)/t3-,4-,5+,6-/m1/s1. The topological polar surface area (TPSA) is 145 Å². The number of carbonyl (C=O) groups is 1. The van der Waals surface area contributed by atoms with Crippen LogP contribution in [-0.4, -0.2) is 61.7 Å². The van der Waals surface area contributed by atoms with E-state index < -0.39 is 44.1 Å². The second-order valence-corrected chi connectivity index (χ2v) is 5.35. The molecule has 0 amide bonds. The summed E-state index contributed by atoms with van der Waals surface area (Å²) in [5.41, 5.74) is 0. The van der Waals surface area contributed by atoms with Crippen LogP contribution in [0.1, 0.15) is 6.42 Å². The molecule has 0 spiro atoms. The molecular formula is C7H13O8P. The van der Waals surface area contributed by atoms with Crippen LogP contribution in [-0.2, 0) is 14.1 Å². The van der Waals surface area contributed by atoms with Crippen LogP contribution in [0.3, 0.4) is 0 Å². The van der Waals surface area contributed by atoms with E-state index in [1.807, 2.05) is 0 Å². The van der Waals surface area contributed by atoms with E-state index >= 15 is 0 Å². The van der Waals surface area contributed by atoms with E-state index in [0.717, 1.165) is 0 Å². The van der Waals surface area contributed by atoms with Crippen LogP contribution in [0.5, 0.6) is 0 Å². The van der Waals surface area contributed by atoms with Crippen molar-refractivity contribution in [2.75, 3.05) is 6.16 Å². The number of carbonyl (C=O) groups excluding carboxylic acids is 1. The van der Waals surface area contributed by atoms with E-state index in [9.17, 15) is 19.6 Å². The summed E-state index contributed by atoms with van der Waals surface area (Å²) in [4.78, 5) is 28.1. The van der Waals surface area contributed by atoms with Crippen LogP contribution in [0, 0.1) is 0 Å². The van der Waals surface area contributed by atoms with Gasteiger partial charge in [-0.25, -0.2) is 4.79 Å². The van der Waals surface area contributed by atoms with Gasteiger partial charge in [0.1, 0.15) is 18.3 Å². The van der Waals surface area contributed by atoms with Crippen LogP contribution >= 0.6 is 7.60 Å². The Balaban J connectivity index is 2.61. The third-order valence-electron chi connectivity index (χ3n) is 2.27. The molecule has 0 saturated carbocycles. The monoisotopic (exact) mass is 256 g/mol. The maximum Gasteiger partial charge on any atom is 0.338 e. The molecule has 1 heterocycles. The predicted molar refractivity (Wildman–Crippen MR) is 49.4 cm³/mol. The van der Waals surface area contributed by atoms with Gasteiger partial charge in [0.05, 0.1) is 6.16 Å². The molecule has 8 nitrogen and oxygen atoms in total. The minimum Gasteiger partial charge on any atom is -0.457 e. The highest BCUT2D eigenvalue weighted by Gasteiger charge is 2.43. The molecule has 0 aromatic heterocycles. The number of ether oxygens (including phenoxy) is 1. The summed E-state index contributed by atoms with van der Waals surface area (Å²) in [5, 5.41) is 27.6. The fourth-order valence-electron chi connectivity index (χ4n) is 1.36. The van der Waals surface area contributed by atoms with E-state index in [-0.39, 0.29) is 6.42 Å². The van der Waals surface area contributed by atoms with E-state index in [4.69, 9.17) is 14.9 Å². The van der Waals surface area contributed by atoms with Crippen molar-refractivity contribution < 1.29 is 39.2 Å². The van der Waals surface area contributed by atoms with Crippen molar-refractivity contribution in [3.8, 4) is 0 Å². The Bertz CT molecular complexity index is 312. The maximum absolute atomic E-state index is 10.9. The lowest BCUT2D eigenvalue weighted by Crippen LogP contribution is -2.55. The average Bonchev–Trinajstić information content (AvgIpc) is 2.17. The molecule has 0 bridgehead atoms. The smallest absolute Gasteiger partial charge is 0.338 e. The third kappa shape index (κ3) is 3.24. The summed E-state index contributed by atoms with van der Waals surface area (Å²) < 4.78 is 15.1. The normalized spacial score (nSPS) is 35.9. The second-order valence-electron chi connectivity index (χ2n) is 3.58. The fourth-order valence-corrected chi connectivity index (χ4v) is 1.95. The number of hydrogen-bond acceptors (Lipinski definition) is 6. The van der Waals surface area contributed by atoms with Gasteiger partial charge in [-0.15, -0.1) is 0 Å². The van der Waals surface area contributed by atoms with Crippen molar-refractivity contribution in [1.82, 2.24) is 0 Å².